The van der Waals surface area contributed by atoms with Gasteiger partial charge >= 0.3 is 0 Å². The third-order valence-electron chi connectivity index (χ3n) is 5.75. The van der Waals surface area contributed by atoms with Crippen LogP contribution >= 0.6 is 0 Å². The van der Waals surface area contributed by atoms with E-state index in [4.69, 9.17) is 9.47 Å². The molecule has 0 spiro atoms. The molecule has 0 N–H and O–H groups in total. The van der Waals surface area contributed by atoms with Crippen LogP contribution in [-0.4, -0.2) is 60.1 Å². The standard InChI is InChI=1S/C27H30FN3O3/c28-24-9-7-22(8-10-24)19-27(32)31(21-25-5-1-2-11-29-25)20-23-4-3-6-26(18-23)34-17-14-30-12-15-33-16-13-30/h1-11,18H,12-17,19-21H2. The maximum absolute atomic E-state index is 13.3. The summed E-state index contributed by atoms with van der Waals surface area (Å²) in [6, 6.07) is 19.6. The second kappa shape index (κ2) is 12.3. The third kappa shape index (κ3) is 7.37. The molecule has 0 saturated carbocycles. The fourth-order valence-corrected chi connectivity index (χ4v) is 3.88. The molecule has 1 aromatic heterocycles. The topological polar surface area (TPSA) is 54.9 Å². The van der Waals surface area contributed by atoms with Crippen molar-refractivity contribution in [1.82, 2.24) is 14.8 Å². The highest BCUT2D eigenvalue weighted by Gasteiger charge is 2.17. The molecule has 0 aliphatic carbocycles. The maximum atomic E-state index is 13.3. The van der Waals surface area contributed by atoms with Crippen molar-refractivity contribution in [3.8, 4) is 5.75 Å². The SMILES string of the molecule is O=C(Cc1ccc(F)cc1)N(Cc1cccc(OCCN2CCOCC2)c1)Cc1ccccn1. The summed E-state index contributed by atoms with van der Waals surface area (Å²) in [5, 5.41) is 0. The molecule has 1 saturated heterocycles. The van der Waals surface area contributed by atoms with Crippen LogP contribution in [0, 0.1) is 5.82 Å². The van der Waals surface area contributed by atoms with Crippen molar-refractivity contribution in [3.05, 3.63) is 95.6 Å². The van der Waals surface area contributed by atoms with Gasteiger partial charge in [0.2, 0.25) is 5.91 Å². The maximum Gasteiger partial charge on any atom is 0.227 e. The van der Waals surface area contributed by atoms with Crippen LogP contribution in [0.3, 0.4) is 0 Å². The highest BCUT2D eigenvalue weighted by atomic mass is 19.1. The molecule has 178 valence electrons. The van der Waals surface area contributed by atoms with Crippen LogP contribution in [0.15, 0.2) is 72.9 Å². The number of nitrogens with zero attached hydrogens (tertiary/aromatic N) is 3. The molecular formula is C27H30FN3O3. The van der Waals surface area contributed by atoms with Gasteiger partial charge in [-0.15, -0.1) is 0 Å². The lowest BCUT2D eigenvalue weighted by atomic mass is 10.1. The fourth-order valence-electron chi connectivity index (χ4n) is 3.88. The number of ether oxygens (including phenoxy) is 2. The molecule has 4 rings (SSSR count). The Hall–Kier alpha value is -3.29. The number of aromatic nitrogens is 1. The van der Waals surface area contributed by atoms with Crippen LogP contribution in [0.5, 0.6) is 5.75 Å². The Kier molecular flexibility index (Phi) is 8.60. The first-order valence-corrected chi connectivity index (χ1v) is 11.6. The zero-order chi connectivity index (χ0) is 23.6. The molecule has 2 aromatic carbocycles. The van der Waals surface area contributed by atoms with Gasteiger partial charge in [0, 0.05) is 32.4 Å². The Labute approximate surface area is 199 Å². The summed E-state index contributed by atoms with van der Waals surface area (Å²) in [5.74, 6) is 0.428. The second-order valence-corrected chi connectivity index (χ2v) is 8.32. The van der Waals surface area contributed by atoms with Crippen LogP contribution < -0.4 is 4.74 Å². The Bertz CT molecular complexity index is 1040. The summed E-state index contributed by atoms with van der Waals surface area (Å²) in [6.07, 6.45) is 1.92. The van der Waals surface area contributed by atoms with Gasteiger partial charge in [0.25, 0.3) is 0 Å². The Morgan fingerprint density at radius 3 is 2.59 bits per heavy atom. The zero-order valence-electron chi connectivity index (χ0n) is 19.2. The molecule has 34 heavy (non-hydrogen) atoms. The molecule has 1 amide bonds. The molecular weight excluding hydrogens is 433 g/mol. The number of rotatable bonds is 10. The van der Waals surface area contributed by atoms with E-state index in [1.165, 1.54) is 12.1 Å². The summed E-state index contributed by atoms with van der Waals surface area (Å²) in [7, 11) is 0. The first-order valence-electron chi connectivity index (χ1n) is 11.6. The molecule has 1 aliphatic heterocycles. The van der Waals surface area contributed by atoms with Crippen molar-refractivity contribution in [2.75, 3.05) is 39.5 Å². The van der Waals surface area contributed by atoms with Gasteiger partial charge < -0.3 is 14.4 Å². The van der Waals surface area contributed by atoms with E-state index in [0.29, 0.717) is 19.7 Å². The summed E-state index contributed by atoms with van der Waals surface area (Å²) in [5.41, 5.74) is 2.57. The average Bonchev–Trinajstić information content (AvgIpc) is 2.87. The number of hydrogen-bond donors (Lipinski definition) is 0. The largest absolute Gasteiger partial charge is 0.492 e. The van der Waals surface area contributed by atoms with E-state index < -0.39 is 0 Å². The number of carbonyl (C=O) groups excluding carboxylic acids is 1. The molecule has 2 heterocycles. The van der Waals surface area contributed by atoms with Gasteiger partial charge in [-0.1, -0.05) is 30.3 Å². The van der Waals surface area contributed by atoms with Gasteiger partial charge in [0.05, 0.1) is 31.9 Å². The molecule has 1 aliphatic rings. The van der Waals surface area contributed by atoms with E-state index in [9.17, 15) is 9.18 Å². The highest BCUT2D eigenvalue weighted by molar-refractivity contribution is 5.78. The van der Waals surface area contributed by atoms with E-state index in [2.05, 4.69) is 9.88 Å². The lowest BCUT2D eigenvalue weighted by Crippen LogP contribution is -2.38. The van der Waals surface area contributed by atoms with E-state index >= 15 is 0 Å². The van der Waals surface area contributed by atoms with Gasteiger partial charge in [-0.25, -0.2) is 4.39 Å². The van der Waals surface area contributed by atoms with Crippen molar-refractivity contribution in [1.29, 1.82) is 0 Å². The summed E-state index contributed by atoms with van der Waals surface area (Å²) < 4.78 is 24.6. The van der Waals surface area contributed by atoms with E-state index in [1.807, 2.05) is 42.5 Å². The van der Waals surface area contributed by atoms with Gasteiger partial charge in [0.15, 0.2) is 0 Å². The van der Waals surface area contributed by atoms with Crippen molar-refractivity contribution in [2.45, 2.75) is 19.5 Å². The number of benzene rings is 2. The highest BCUT2D eigenvalue weighted by Crippen LogP contribution is 2.17. The summed E-state index contributed by atoms with van der Waals surface area (Å²) in [4.78, 5) is 21.7. The summed E-state index contributed by atoms with van der Waals surface area (Å²) in [6.45, 7) is 5.69. The fraction of sp³-hybridized carbons (Fsp3) is 0.333. The second-order valence-electron chi connectivity index (χ2n) is 8.32. The van der Waals surface area contributed by atoms with Crippen molar-refractivity contribution >= 4 is 5.91 Å². The number of amides is 1. The average molecular weight is 464 g/mol. The first kappa shape index (κ1) is 23.9. The zero-order valence-corrected chi connectivity index (χ0v) is 19.2. The molecule has 0 atom stereocenters. The molecule has 6 nitrogen and oxygen atoms in total. The molecule has 3 aromatic rings. The molecule has 0 radical (unpaired) electrons. The van der Waals surface area contributed by atoms with Crippen LogP contribution in [-0.2, 0) is 29.0 Å². The van der Waals surface area contributed by atoms with Gasteiger partial charge in [-0.2, -0.15) is 0 Å². The lowest BCUT2D eigenvalue weighted by Gasteiger charge is -2.26. The molecule has 7 heteroatoms. The van der Waals surface area contributed by atoms with Gasteiger partial charge in [-0.3, -0.25) is 14.7 Å². The summed E-state index contributed by atoms with van der Waals surface area (Å²) >= 11 is 0. The Balaban J connectivity index is 1.40. The lowest BCUT2D eigenvalue weighted by molar-refractivity contribution is -0.131. The van der Waals surface area contributed by atoms with Gasteiger partial charge in [0.1, 0.15) is 18.2 Å². The smallest absolute Gasteiger partial charge is 0.227 e. The van der Waals surface area contributed by atoms with Crippen molar-refractivity contribution in [2.24, 2.45) is 0 Å². The predicted octanol–water partition coefficient (Wildman–Crippen LogP) is 3.70. The van der Waals surface area contributed by atoms with Crippen LogP contribution in [0.4, 0.5) is 4.39 Å². The Morgan fingerprint density at radius 2 is 1.82 bits per heavy atom. The minimum atomic E-state index is -0.313. The van der Waals surface area contributed by atoms with Crippen molar-refractivity contribution in [3.63, 3.8) is 0 Å². The monoisotopic (exact) mass is 463 g/mol. The molecule has 1 fully saturated rings. The van der Waals surface area contributed by atoms with Crippen LogP contribution in [0.1, 0.15) is 16.8 Å². The van der Waals surface area contributed by atoms with E-state index in [0.717, 1.165) is 55.4 Å². The first-order chi connectivity index (χ1) is 16.7. The van der Waals surface area contributed by atoms with Crippen LogP contribution in [0.25, 0.3) is 0 Å². The normalized spacial score (nSPS) is 14.0. The number of morpholine rings is 1. The van der Waals surface area contributed by atoms with E-state index in [-0.39, 0.29) is 18.1 Å². The molecule has 0 bridgehead atoms. The van der Waals surface area contributed by atoms with Gasteiger partial charge in [-0.05, 0) is 47.5 Å². The van der Waals surface area contributed by atoms with Crippen LogP contribution in [0.2, 0.25) is 0 Å². The quantitative estimate of drug-likeness (QED) is 0.459. The van der Waals surface area contributed by atoms with Crippen molar-refractivity contribution < 1.29 is 18.7 Å². The molecule has 0 unspecified atom stereocenters. The number of pyridine rings is 1. The van der Waals surface area contributed by atoms with E-state index in [1.54, 1.807) is 23.2 Å². The third-order valence-corrected chi connectivity index (χ3v) is 5.75. The predicted molar refractivity (Wildman–Crippen MR) is 128 cm³/mol. The number of carbonyl (C=O) groups is 1. The Morgan fingerprint density at radius 1 is 1.00 bits per heavy atom. The minimum Gasteiger partial charge on any atom is -0.492 e. The number of halogens is 1. The number of hydrogen-bond acceptors (Lipinski definition) is 5. The minimum absolute atomic E-state index is 0.0455.